The van der Waals surface area contributed by atoms with Crippen molar-refractivity contribution in [2.24, 2.45) is 0 Å². The maximum atomic E-state index is 11.4. The molecule has 0 aromatic carbocycles. The molecule has 0 spiro atoms. The van der Waals surface area contributed by atoms with E-state index in [1.54, 1.807) is 11.8 Å². The summed E-state index contributed by atoms with van der Waals surface area (Å²) in [5, 5.41) is 9.58. The number of nitrogens with zero attached hydrogens (tertiary/aromatic N) is 2. The van der Waals surface area contributed by atoms with Crippen LogP contribution < -0.4 is 4.90 Å². The van der Waals surface area contributed by atoms with Gasteiger partial charge in [0.2, 0.25) is 0 Å². The third kappa shape index (κ3) is 3.71. The molecule has 0 fully saturated rings. The molecule has 0 unspecified atom stereocenters. The average molecular weight is 288 g/mol. The van der Waals surface area contributed by atoms with Crippen molar-refractivity contribution in [2.45, 2.75) is 13.3 Å². The zero-order chi connectivity index (χ0) is 13.7. The van der Waals surface area contributed by atoms with E-state index in [9.17, 15) is 9.59 Å². The van der Waals surface area contributed by atoms with Crippen LogP contribution in [-0.4, -0.2) is 47.4 Å². The Morgan fingerprint density at radius 1 is 1.50 bits per heavy atom. The monoisotopic (exact) mass is 288 g/mol. The molecule has 0 aliphatic rings. The van der Waals surface area contributed by atoms with Gasteiger partial charge in [0.1, 0.15) is 4.88 Å². The molecule has 0 amide bonds. The van der Waals surface area contributed by atoms with Crippen LogP contribution in [0.4, 0.5) is 5.13 Å². The largest absolute Gasteiger partial charge is 0.476 e. The standard InChI is InChI=1S/C11H16N2O3S2/c1-7(14)9-8(10(15)16)12-11(18-9)13(2)5-4-6-17-3/h4-6H2,1-3H3,(H,15,16). The van der Waals surface area contributed by atoms with Crippen molar-refractivity contribution in [2.75, 3.05) is 30.5 Å². The lowest BCUT2D eigenvalue weighted by molar-refractivity contribution is 0.0687. The summed E-state index contributed by atoms with van der Waals surface area (Å²) in [4.78, 5) is 28.5. The molecule has 1 aromatic rings. The Balaban J connectivity index is 2.87. The number of Topliss-reactive ketones (excluding diaryl/α,β-unsaturated/α-hetero) is 1. The van der Waals surface area contributed by atoms with Crippen LogP contribution in [0.3, 0.4) is 0 Å². The zero-order valence-electron chi connectivity index (χ0n) is 10.6. The number of carboxylic acid groups (broad SMARTS) is 1. The van der Waals surface area contributed by atoms with Crippen molar-refractivity contribution in [1.29, 1.82) is 0 Å². The van der Waals surface area contributed by atoms with E-state index in [4.69, 9.17) is 5.11 Å². The molecule has 0 atom stereocenters. The highest BCUT2D eigenvalue weighted by molar-refractivity contribution is 7.98. The van der Waals surface area contributed by atoms with Crippen LogP contribution in [0.1, 0.15) is 33.5 Å². The number of aromatic nitrogens is 1. The molecular weight excluding hydrogens is 272 g/mol. The van der Waals surface area contributed by atoms with Crippen LogP contribution in [0, 0.1) is 0 Å². The minimum atomic E-state index is -1.15. The Bertz CT molecular complexity index is 414. The molecule has 7 heteroatoms. The van der Waals surface area contributed by atoms with Gasteiger partial charge in [0.05, 0.1) is 0 Å². The van der Waals surface area contributed by atoms with Gasteiger partial charge >= 0.3 is 5.97 Å². The number of rotatable bonds is 7. The Kier molecular flexibility index (Phi) is 5.61. The van der Waals surface area contributed by atoms with Crippen molar-refractivity contribution >= 4 is 40.0 Å². The van der Waals surface area contributed by atoms with E-state index in [0.29, 0.717) is 5.13 Å². The van der Waals surface area contributed by atoms with E-state index in [-0.39, 0.29) is 16.4 Å². The summed E-state index contributed by atoms with van der Waals surface area (Å²) < 4.78 is 0. The first kappa shape index (κ1) is 15.0. The maximum absolute atomic E-state index is 11.4. The molecule has 0 radical (unpaired) electrons. The van der Waals surface area contributed by atoms with Gasteiger partial charge in [0, 0.05) is 20.5 Å². The summed E-state index contributed by atoms with van der Waals surface area (Å²) in [6, 6.07) is 0. The van der Waals surface area contributed by atoms with Gasteiger partial charge in [-0.1, -0.05) is 11.3 Å². The highest BCUT2D eigenvalue weighted by atomic mass is 32.2. The van der Waals surface area contributed by atoms with E-state index in [1.165, 1.54) is 6.92 Å². The Morgan fingerprint density at radius 3 is 2.61 bits per heavy atom. The molecule has 1 aromatic heterocycles. The molecule has 0 aliphatic heterocycles. The average Bonchev–Trinajstić information content (AvgIpc) is 2.74. The molecule has 1 heterocycles. The van der Waals surface area contributed by atoms with Gasteiger partial charge in [-0.3, -0.25) is 4.79 Å². The summed E-state index contributed by atoms with van der Waals surface area (Å²) in [6.45, 7) is 2.15. The maximum Gasteiger partial charge on any atom is 0.356 e. The van der Waals surface area contributed by atoms with Gasteiger partial charge < -0.3 is 10.0 Å². The van der Waals surface area contributed by atoms with Gasteiger partial charge in [-0.05, 0) is 18.4 Å². The van der Waals surface area contributed by atoms with Crippen LogP contribution >= 0.6 is 23.1 Å². The Hall–Kier alpha value is -1.08. The van der Waals surface area contributed by atoms with E-state index >= 15 is 0 Å². The second-order valence-corrected chi connectivity index (χ2v) is 5.77. The second-order valence-electron chi connectivity index (χ2n) is 3.80. The molecule has 5 nitrogen and oxygen atoms in total. The predicted octanol–water partition coefficient (Wildman–Crippen LogP) is 2.23. The van der Waals surface area contributed by atoms with E-state index in [2.05, 4.69) is 4.98 Å². The van der Waals surface area contributed by atoms with Crippen molar-refractivity contribution in [1.82, 2.24) is 4.98 Å². The topological polar surface area (TPSA) is 70.5 Å². The molecule has 1 N–H and O–H groups in total. The van der Waals surface area contributed by atoms with E-state index < -0.39 is 5.97 Å². The highest BCUT2D eigenvalue weighted by Crippen LogP contribution is 2.26. The van der Waals surface area contributed by atoms with Gasteiger partial charge in [0.25, 0.3) is 0 Å². The summed E-state index contributed by atoms with van der Waals surface area (Å²) >= 11 is 2.90. The lowest BCUT2D eigenvalue weighted by Crippen LogP contribution is -2.19. The number of aromatic carboxylic acids is 1. The molecule has 0 aliphatic carbocycles. The first-order chi connectivity index (χ1) is 8.47. The van der Waals surface area contributed by atoms with Crippen molar-refractivity contribution < 1.29 is 14.7 Å². The van der Waals surface area contributed by atoms with E-state index in [0.717, 1.165) is 30.1 Å². The molecule has 18 heavy (non-hydrogen) atoms. The van der Waals surface area contributed by atoms with E-state index in [1.807, 2.05) is 18.2 Å². The van der Waals surface area contributed by atoms with Gasteiger partial charge in [-0.25, -0.2) is 9.78 Å². The zero-order valence-corrected chi connectivity index (χ0v) is 12.2. The number of anilines is 1. The normalized spacial score (nSPS) is 10.4. The minimum Gasteiger partial charge on any atom is -0.476 e. The number of carboxylic acids is 1. The quantitative estimate of drug-likeness (QED) is 0.613. The van der Waals surface area contributed by atoms with Crippen LogP contribution in [-0.2, 0) is 0 Å². The van der Waals surface area contributed by atoms with Crippen LogP contribution in [0.15, 0.2) is 0 Å². The number of carbonyl (C=O) groups excluding carboxylic acids is 1. The molecule has 0 saturated heterocycles. The smallest absolute Gasteiger partial charge is 0.356 e. The van der Waals surface area contributed by atoms with Crippen LogP contribution in [0.2, 0.25) is 0 Å². The fourth-order valence-corrected chi connectivity index (χ4v) is 2.76. The first-order valence-electron chi connectivity index (χ1n) is 5.42. The van der Waals surface area contributed by atoms with Crippen molar-refractivity contribution in [3.8, 4) is 0 Å². The summed E-state index contributed by atoms with van der Waals surface area (Å²) in [7, 11) is 1.86. The number of ketones is 1. The Labute approximate surface area is 114 Å². The fourth-order valence-electron chi connectivity index (χ4n) is 1.40. The third-order valence-electron chi connectivity index (χ3n) is 2.31. The molecule has 100 valence electrons. The lowest BCUT2D eigenvalue weighted by Gasteiger charge is -2.14. The third-order valence-corrected chi connectivity index (χ3v) is 4.27. The van der Waals surface area contributed by atoms with Crippen LogP contribution in [0.5, 0.6) is 0 Å². The number of thioether (sulfide) groups is 1. The fraction of sp³-hybridized carbons (Fsp3) is 0.545. The molecule has 0 saturated carbocycles. The Morgan fingerprint density at radius 2 is 2.17 bits per heavy atom. The van der Waals surface area contributed by atoms with Crippen molar-refractivity contribution in [3.05, 3.63) is 10.6 Å². The summed E-state index contributed by atoms with van der Waals surface area (Å²) in [6.07, 6.45) is 3.04. The lowest BCUT2D eigenvalue weighted by atomic mass is 10.3. The van der Waals surface area contributed by atoms with Gasteiger partial charge in [0.15, 0.2) is 16.6 Å². The number of hydrogen-bond donors (Lipinski definition) is 1. The SMILES string of the molecule is CSCCCN(C)c1nc(C(=O)O)c(C(C)=O)s1. The summed E-state index contributed by atoms with van der Waals surface area (Å²) in [5.41, 5.74) is -0.140. The molecule has 1 rings (SSSR count). The molecular formula is C11H16N2O3S2. The number of carbonyl (C=O) groups is 2. The van der Waals surface area contributed by atoms with Crippen molar-refractivity contribution in [3.63, 3.8) is 0 Å². The van der Waals surface area contributed by atoms with Crippen LogP contribution in [0.25, 0.3) is 0 Å². The first-order valence-corrected chi connectivity index (χ1v) is 7.63. The van der Waals surface area contributed by atoms with Gasteiger partial charge in [-0.15, -0.1) is 0 Å². The summed E-state index contributed by atoms with van der Waals surface area (Å²) in [5.74, 6) is -0.366. The number of thiazole rings is 1. The molecule has 0 bridgehead atoms. The highest BCUT2D eigenvalue weighted by Gasteiger charge is 2.21. The minimum absolute atomic E-state index is 0.140. The number of hydrogen-bond acceptors (Lipinski definition) is 6. The second kappa shape index (κ2) is 6.75. The van der Waals surface area contributed by atoms with Gasteiger partial charge in [-0.2, -0.15) is 11.8 Å². The predicted molar refractivity (Wildman–Crippen MR) is 75.3 cm³/mol.